The summed E-state index contributed by atoms with van der Waals surface area (Å²) in [6.07, 6.45) is 0.947. The van der Waals surface area contributed by atoms with E-state index in [-0.39, 0.29) is 11.8 Å². The van der Waals surface area contributed by atoms with Crippen molar-refractivity contribution >= 4 is 5.91 Å². The largest absolute Gasteiger partial charge is 0.289 e. The molecule has 0 spiro atoms. The Morgan fingerprint density at radius 3 is 2.70 bits per heavy atom. The van der Waals surface area contributed by atoms with Crippen LogP contribution in [0, 0.1) is 5.92 Å². The highest BCUT2D eigenvalue weighted by Crippen LogP contribution is 2.10. The summed E-state index contributed by atoms with van der Waals surface area (Å²) >= 11 is 0. The van der Waals surface area contributed by atoms with Crippen molar-refractivity contribution in [1.29, 1.82) is 0 Å². The summed E-state index contributed by atoms with van der Waals surface area (Å²) in [7, 11) is 0. The standard InChI is InChI=1S/C7H14N2O/c1-3-6-5-9(4-2)8-7(6)10/h6H,3-5H2,1-2H3,(H,8,10). The maximum Gasteiger partial charge on any atom is 0.238 e. The van der Waals surface area contributed by atoms with Crippen LogP contribution >= 0.6 is 0 Å². The number of hydrazine groups is 1. The highest BCUT2D eigenvalue weighted by Gasteiger charge is 2.27. The molecule has 0 aromatic heterocycles. The molecule has 1 fully saturated rings. The van der Waals surface area contributed by atoms with Crippen molar-refractivity contribution in [1.82, 2.24) is 10.4 Å². The lowest BCUT2D eigenvalue weighted by Crippen LogP contribution is -2.32. The van der Waals surface area contributed by atoms with Crippen LogP contribution in [-0.2, 0) is 4.79 Å². The Hall–Kier alpha value is -0.570. The minimum Gasteiger partial charge on any atom is -0.289 e. The van der Waals surface area contributed by atoms with Crippen molar-refractivity contribution in [3.8, 4) is 0 Å². The van der Waals surface area contributed by atoms with Crippen LogP contribution in [0.4, 0.5) is 0 Å². The molecule has 10 heavy (non-hydrogen) atoms. The molecule has 1 aliphatic rings. The van der Waals surface area contributed by atoms with E-state index in [0.29, 0.717) is 0 Å². The van der Waals surface area contributed by atoms with Gasteiger partial charge in [0.25, 0.3) is 0 Å². The molecule has 1 N–H and O–H groups in total. The van der Waals surface area contributed by atoms with Gasteiger partial charge in [-0.1, -0.05) is 13.8 Å². The molecule has 58 valence electrons. The number of carbonyl (C=O) groups is 1. The van der Waals surface area contributed by atoms with E-state index in [2.05, 4.69) is 5.43 Å². The van der Waals surface area contributed by atoms with Gasteiger partial charge in [0.15, 0.2) is 0 Å². The molecular formula is C7H14N2O. The van der Waals surface area contributed by atoms with E-state index in [4.69, 9.17) is 0 Å². The summed E-state index contributed by atoms with van der Waals surface area (Å²) in [5, 5.41) is 1.95. The Balaban J connectivity index is 2.44. The molecule has 0 radical (unpaired) electrons. The molecule has 1 unspecified atom stereocenters. The first kappa shape index (κ1) is 7.54. The molecule has 3 nitrogen and oxygen atoms in total. The second kappa shape index (κ2) is 3.01. The predicted molar refractivity (Wildman–Crippen MR) is 39.2 cm³/mol. The van der Waals surface area contributed by atoms with E-state index in [0.717, 1.165) is 19.5 Å². The molecule has 1 atom stereocenters. The van der Waals surface area contributed by atoms with Gasteiger partial charge in [-0.25, -0.2) is 5.01 Å². The summed E-state index contributed by atoms with van der Waals surface area (Å²) in [5.74, 6) is 0.407. The van der Waals surface area contributed by atoms with Crippen LogP contribution in [-0.4, -0.2) is 24.0 Å². The summed E-state index contributed by atoms with van der Waals surface area (Å²) in [5.41, 5.74) is 2.80. The Morgan fingerprint density at radius 2 is 2.40 bits per heavy atom. The van der Waals surface area contributed by atoms with E-state index in [1.807, 2.05) is 18.9 Å². The van der Waals surface area contributed by atoms with Crippen molar-refractivity contribution in [3.63, 3.8) is 0 Å². The Bertz CT molecular complexity index is 136. The maximum absolute atomic E-state index is 11.0. The second-order valence-corrected chi connectivity index (χ2v) is 2.62. The van der Waals surface area contributed by atoms with Gasteiger partial charge in [-0.3, -0.25) is 10.2 Å². The first-order valence-electron chi connectivity index (χ1n) is 3.83. The lowest BCUT2D eigenvalue weighted by Gasteiger charge is -2.09. The summed E-state index contributed by atoms with van der Waals surface area (Å²) < 4.78 is 0. The average Bonchev–Trinajstić information content (AvgIpc) is 2.30. The Morgan fingerprint density at radius 1 is 1.70 bits per heavy atom. The number of rotatable bonds is 2. The molecular weight excluding hydrogens is 128 g/mol. The van der Waals surface area contributed by atoms with Crippen LogP contribution in [0.3, 0.4) is 0 Å². The normalized spacial score (nSPS) is 27.0. The molecule has 3 heteroatoms. The van der Waals surface area contributed by atoms with Crippen molar-refractivity contribution in [2.75, 3.05) is 13.1 Å². The van der Waals surface area contributed by atoms with E-state index in [1.54, 1.807) is 0 Å². The number of carbonyl (C=O) groups excluding carboxylic acids is 1. The smallest absolute Gasteiger partial charge is 0.238 e. The van der Waals surface area contributed by atoms with Gasteiger partial charge in [-0.15, -0.1) is 0 Å². The quantitative estimate of drug-likeness (QED) is 0.604. The van der Waals surface area contributed by atoms with Gasteiger partial charge in [0.05, 0.1) is 5.92 Å². The van der Waals surface area contributed by atoms with Crippen LogP contribution in [0.2, 0.25) is 0 Å². The minimum absolute atomic E-state index is 0.185. The van der Waals surface area contributed by atoms with E-state index >= 15 is 0 Å². The number of nitrogens with zero attached hydrogens (tertiary/aromatic N) is 1. The van der Waals surface area contributed by atoms with Gasteiger partial charge in [-0.2, -0.15) is 0 Å². The molecule has 0 aromatic rings. The lowest BCUT2D eigenvalue weighted by molar-refractivity contribution is -0.123. The Labute approximate surface area is 61.4 Å². The van der Waals surface area contributed by atoms with Crippen LogP contribution < -0.4 is 5.43 Å². The molecule has 0 bridgehead atoms. The number of hydrogen-bond donors (Lipinski definition) is 1. The highest BCUT2D eigenvalue weighted by atomic mass is 16.2. The van der Waals surface area contributed by atoms with Gasteiger partial charge in [0, 0.05) is 13.1 Å². The fraction of sp³-hybridized carbons (Fsp3) is 0.857. The summed E-state index contributed by atoms with van der Waals surface area (Å²) in [4.78, 5) is 11.0. The molecule has 0 saturated carbocycles. The van der Waals surface area contributed by atoms with Crippen molar-refractivity contribution in [2.45, 2.75) is 20.3 Å². The van der Waals surface area contributed by atoms with Gasteiger partial charge in [0.2, 0.25) is 5.91 Å². The third-order valence-electron chi connectivity index (χ3n) is 1.95. The van der Waals surface area contributed by atoms with Crippen LogP contribution in [0.5, 0.6) is 0 Å². The molecule has 1 heterocycles. The zero-order valence-corrected chi connectivity index (χ0v) is 6.55. The first-order chi connectivity index (χ1) is 4.77. The summed E-state index contributed by atoms with van der Waals surface area (Å²) in [6.45, 7) is 5.87. The topological polar surface area (TPSA) is 32.3 Å². The zero-order chi connectivity index (χ0) is 7.56. The Kier molecular flexibility index (Phi) is 2.27. The first-order valence-corrected chi connectivity index (χ1v) is 3.83. The molecule has 1 rings (SSSR count). The van der Waals surface area contributed by atoms with Crippen molar-refractivity contribution < 1.29 is 4.79 Å². The molecule has 1 saturated heterocycles. The van der Waals surface area contributed by atoms with Crippen molar-refractivity contribution in [2.24, 2.45) is 5.92 Å². The molecule has 0 aliphatic carbocycles. The van der Waals surface area contributed by atoms with Crippen molar-refractivity contribution in [3.05, 3.63) is 0 Å². The van der Waals surface area contributed by atoms with Gasteiger partial charge in [0.1, 0.15) is 0 Å². The third kappa shape index (κ3) is 1.29. The molecule has 1 amide bonds. The van der Waals surface area contributed by atoms with Crippen LogP contribution in [0.1, 0.15) is 20.3 Å². The van der Waals surface area contributed by atoms with Gasteiger partial charge in [-0.05, 0) is 6.42 Å². The number of nitrogens with one attached hydrogen (secondary N) is 1. The van der Waals surface area contributed by atoms with E-state index in [1.165, 1.54) is 0 Å². The SMILES string of the molecule is CCC1CN(CC)NC1=O. The van der Waals surface area contributed by atoms with E-state index < -0.39 is 0 Å². The minimum atomic E-state index is 0.185. The average molecular weight is 142 g/mol. The maximum atomic E-state index is 11.0. The monoisotopic (exact) mass is 142 g/mol. The predicted octanol–water partition coefficient (Wildman–Crippen LogP) is 0.379. The van der Waals surface area contributed by atoms with Crippen LogP contribution in [0.25, 0.3) is 0 Å². The molecule has 1 aliphatic heterocycles. The lowest BCUT2D eigenvalue weighted by atomic mass is 10.1. The number of amides is 1. The highest BCUT2D eigenvalue weighted by molar-refractivity contribution is 5.80. The summed E-state index contributed by atoms with van der Waals surface area (Å²) in [6, 6.07) is 0. The third-order valence-corrected chi connectivity index (χ3v) is 1.95. The van der Waals surface area contributed by atoms with Gasteiger partial charge < -0.3 is 0 Å². The van der Waals surface area contributed by atoms with Gasteiger partial charge >= 0.3 is 0 Å². The van der Waals surface area contributed by atoms with E-state index in [9.17, 15) is 4.79 Å². The molecule has 0 aromatic carbocycles. The van der Waals surface area contributed by atoms with Crippen LogP contribution in [0.15, 0.2) is 0 Å². The fourth-order valence-corrected chi connectivity index (χ4v) is 1.16. The second-order valence-electron chi connectivity index (χ2n) is 2.62. The zero-order valence-electron chi connectivity index (χ0n) is 6.55. The fourth-order valence-electron chi connectivity index (χ4n) is 1.16. The number of hydrogen-bond acceptors (Lipinski definition) is 2.